The number of rotatable bonds is 10. The van der Waals surface area contributed by atoms with Crippen LogP contribution in [0.2, 0.25) is 5.02 Å². The molecule has 0 radical (unpaired) electrons. The van der Waals surface area contributed by atoms with Crippen molar-refractivity contribution in [3.05, 3.63) is 86.9 Å². The van der Waals surface area contributed by atoms with Gasteiger partial charge in [0.05, 0.1) is 17.9 Å². The Labute approximate surface area is 302 Å². The predicted octanol–water partition coefficient (Wildman–Crippen LogP) is -2.29. The van der Waals surface area contributed by atoms with Crippen molar-refractivity contribution in [2.45, 2.75) is 24.4 Å². The van der Waals surface area contributed by atoms with E-state index in [0.29, 0.717) is 10.7 Å². The van der Waals surface area contributed by atoms with Gasteiger partial charge in [0.25, 0.3) is 11.5 Å². The molecule has 3 atom stereocenters. The smallest absolute Gasteiger partial charge is 0.543 e. The minimum Gasteiger partial charge on any atom is -0.543 e. The Morgan fingerprint density at radius 2 is 1.83 bits per heavy atom. The van der Waals surface area contributed by atoms with Crippen molar-refractivity contribution in [2.24, 2.45) is 0 Å². The van der Waals surface area contributed by atoms with Crippen molar-refractivity contribution < 1.29 is 68.5 Å². The summed E-state index contributed by atoms with van der Waals surface area (Å²) in [6, 6.07) is 8.33. The van der Waals surface area contributed by atoms with E-state index in [1.54, 1.807) is 24.3 Å². The summed E-state index contributed by atoms with van der Waals surface area (Å²) in [4.78, 5) is 82.9. The number of esters is 1. The normalized spacial score (nSPS) is 17.1. The number of aromatic amines is 1. The number of carboxylic acids is 1. The molecule has 0 bridgehead atoms. The molecule has 3 heterocycles. The van der Waals surface area contributed by atoms with E-state index in [1.807, 2.05) is 0 Å². The van der Waals surface area contributed by atoms with E-state index in [9.17, 15) is 39.0 Å². The number of aromatic nitrogens is 2. The molecule has 0 spiro atoms. The number of fused-ring (bicyclic) bond motifs is 1. The number of ether oxygens (including phenoxy) is 1. The van der Waals surface area contributed by atoms with E-state index in [1.165, 1.54) is 24.3 Å². The van der Waals surface area contributed by atoms with Gasteiger partial charge in [0.15, 0.2) is 0 Å². The summed E-state index contributed by atoms with van der Waals surface area (Å²) < 4.78 is 4.90. The number of thioether (sulfide) groups is 1. The number of hydrogen-bond acceptors (Lipinski definition) is 12. The molecule has 1 unspecified atom stereocenters. The Kier molecular flexibility index (Phi) is 11.8. The zero-order valence-electron chi connectivity index (χ0n) is 25.2. The molecule has 1 fully saturated rings. The molecule has 2 aliphatic rings. The Hall–Kier alpha value is -4.55. The summed E-state index contributed by atoms with van der Waals surface area (Å²) in [7, 11) is 0. The fourth-order valence-electron chi connectivity index (χ4n) is 4.68. The third kappa shape index (κ3) is 8.29. The van der Waals surface area contributed by atoms with Gasteiger partial charge in [-0.1, -0.05) is 23.7 Å². The number of β-lactam (4-membered cyclic amide) rings is 1. The van der Waals surface area contributed by atoms with E-state index >= 15 is 0 Å². The largest absolute Gasteiger partial charge is 1.00 e. The molecular weight excluding hydrogens is 681 g/mol. The van der Waals surface area contributed by atoms with Gasteiger partial charge in [0.2, 0.25) is 11.9 Å². The number of aromatic hydroxyl groups is 1. The molecule has 2 aliphatic heterocycles. The Balaban J connectivity index is 0.00000520. The second-order valence-corrected chi connectivity index (χ2v) is 11.7. The van der Waals surface area contributed by atoms with Gasteiger partial charge < -0.3 is 41.0 Å². The van der Waals surface area contributed by atoms with Crippen LogP contribution in [0.25, 0.3) is 0 Å². The average Bonchev–Trinajstić information content (AvgIpc) is 3.03. The maximum atomic E-state index is 13.5. The Bertz CT molecular complexity index is 1840. The summed E-state index contributed by atoms with van der Waals surface area (Å²) in [5, 5.41) is 31.5. The predicted molar refractivity (Wildman–Crippen MR) is 166 cm³/mol. The number of carbonyl (C=O) groups excluding carboxylic acids is 5. The van der Waals surface area contributed by atoms with Gasteiger partial charge in [-0.05, 0) is 42.0 Å². The third-order valence-corrected chi connectivity index (χ3v) is 8.50. The third-order valence-electron chi connectivity index (χ3n) is 6.91. The summed E-state index contributed by atoms with van der Waals surface area (Å²) >= 11 is 7.02. The molecule has 19 heteroatoms. The molecule has 5 rings (SSSR count). The number of anilines is 3. The Morgan fingerprint density at radius 1 is 1.15 bits per heavy atom. The summed E-state index contributed by atoms with van der Waals surface area (Å²) in [5.41, 5.74) is -0.429. The molecular formula is C29H25ClN7NaO9S. The molecule has 244 valence electrons. The quantitative estimate of drug-likeness (QED) is 0.0743. The van der Waals surface area contributed by atoms with E-state index in [2.05, 4.69) is 31.2 Å². The van der Waals surface area contributed by atoms with E-state index in [4.69, 9.17) is 16.3 Å². The SMILES string of the molecule is CC(=O)OCC1=C(C(=O)[O-])N2C(=O)C(NC(=O)[C@H](NC(=O)Nc3cnc(Nc4ccc(Cl)cc4)[nH]c3=O)c3ccc(O)cc3)[C@H]2SC1.[Na+]. The maximum Gasteiger partial charge on any atom is 1.00 e. The zero-order valence-corrected chi connectivity index (χ0v) is 28.8. The van der Waals surface area contributed by atoms with Gasteiger partial charge in [0.1, 0.15) is 35.5 Å². The summed E-state index contributed by atoms with van der Waals surface area (Å²) in [6.07, 6.45) is 1.10. The van der Waals surface area contributed by atoms with Crippen LogP contribution in [0.1, 0.15) is 18.5 Å². The standard InChI is InChI=1S/C29H26ClN7O9S.Na/c1-13(38)46-11-15-12-47-26-21(25(42)37(26)22(15)27(43)44)34-24(41)20(14-2-8-18(39)9-3-14)35-29(45)33-19-10-31-28(36-23(19)40)32-17-6-4-16(30)5-7-17;/h2-10,20-21,26,39H,11-12H2,1H3,(H,34,41)(H,43,44)(H2,33,35,45)(H2,31,32,36,40);/q;+1/p-1/t20-,21?,26-;/m1./s1. The van der Waals surface area contributed by atoms with Crippen LogP contribution in [0.3, 0.4) is 0 Å². The molecule has 0 saturated carbocycles. The molecule has 2 aromatic carbocycles. The molecule has 16 nitrogen and oxygen atoms in total. The second-order valence-electron chi connectivity index (χ2n) is 10.1. The number of phenolic OH excluding ortho intramolecular Hbond substituents is 1. The first kappa shape index (κ1) is 36.3. The van der Waals surface area contributed by atoms with Crippen LogP contribution in [0.15, 0.2) is 70.8 Å². The number of halogens is 1. The zero-order chi connectivity index (χ0) is 33.8. The fraction of sp³-hybridized carbons (Fsp3) is 0.207. The van der Waals surface area contributed by atoms with Crippen LogP contribution >= 0.6 is 23.4 Å². The van der Waals surface area contributed by atoms with E-state index in [-0.39, 0.29) is 70.4 Å². The molecule has 3 aromatic rings. The number of H-pyrrole nitrogens is 1. The first-order chi connectivity index (χ1) is 22.4. The van der Waals surface area contributed by atoms with Crippen LogP contribution in [-0.4, -0.2) is 73.5 Å². The van der Waals surface area contributed by atoms with Crippen molar-refractivity contribution >= 4 is 70.5 Å². The van der Waals surface area contributed by atoms with Gasteiger partial charge in [-0.15, -0.1) is 11.8 Å². The number of phenols is 1. The van der Waals surface area contributed by atoms with Gasteiger partial charge in [-0.25, -0.2) is 9.78 Å². The number of carbonyl (C=O) groups is 5. The molecule has 1 saturated heterocycles. The van der Waals surface area contributed by atoms with Crippen LogP contribution in [0.4, 0.5) is 22.1 Å². The van der Waals surface area contributed by atoms with Crippen molar-refractivity contribution in [3.8, 4) is 5.75 Å². The van der Waals surface area contributed by atoms with Crippen molar-refractivity contribution in [3.63, 3.8) is 0 Å². The number of aliphatic carboxylic acids is 1. The van der Waals surface area contributed by atoms with Gasteiger partial charge in [-0.3, -0.25) is 29.1 Å². The Morgan fingerprint density at radius 3 is 2.46 bits per heavy atom. The van der Waals surface area contributed by atoms with Crippen LogP contribution in [0, 0.1) is 0 Å². The van der Waals surface area contributed by atoms with E-state index < -0.39 is 58.5 Å². The van der Waals surface area contributed by atoms with Crippen molar-refractivity contribution in [1.29, 1.82) is 0 Å². The number of amides is 4. The first-order valence-electron chi connectivity index (χ1n) is 13.7. The minimum atomic E-state index is -1.64. The molecule has 1 aromatic heterocycles. The molecule has 48 heavy (non-hydrogen) atoms. The number of nitrogens with zero attached hydrogens (tertiary/aromatic N) is 2. The number of nitrogens with one attached hydrogen (secondary N) is 5. The van der Waals surface area contributed by atoms with Crippen LogP contribution in [0.5, 0.6) is 5.75 Å². The number of hydrogen-bond donors (Lipinski definition) is 6. The number of carboxylic acid groups (broad SMARTS) is 1. The summed E-state index contributed by atoms with van der Waals surface area (Å²) in [6.45, 7) is 0.810. The molecule has 4 amide bonds. The van der Waals surface area contributed by atoms with Gasteiger partial charge in [0, 0.05) is 29.0 Å². The van der Waals surface area contributed by atoms with Crippen LogP contribution in [-0.2, 0) is 23.9 Å². The molecule has 0 aliphatic carbocycles. The van der Waals surface area contributed by atoms with Crippen molar-refractivity contribution in [2.75, 3.05) is 23.0 Å². The van der Waals surface area contributed by atoms with E-state index in [0.717, 1.165) is 29.8 Å². The topological polar surface area (TPSA) is 235 Å². The second kappa shape index (κ2) is 15.6. The first-order valence-corrected chi connectivity index (χ1v) is 15.1. The number of benzene rings is 2. The van der Waals surface area contributed by atoms with Gasteiger partial charge in [-0.2, -0.15) is 0 Å². The van der Waals surface area contributed by atoms with Crippen LogP contribution < -0.4 is 61.5 Å². The van der Waals surface area contributed by atoms with Crippen molar-refractivity contribution in [1.82, 2.24) is 25.5 Å². The maximum absolute atomic E-state index is 13.5. The molecule has 6 N–H and O–H groups in total. The summed E-state index contributed by atoms with van der Waals surface area (Å²) in [5.74, 6) is -3.83. The fourth-order valence-corrected chi connectivity index (χ4v) is 6.14. The number of urea groups is 1. The minimum absolute atomic E-state index is 0. The van der Waals surface area contributed by atoms with Gasteiger partial charge >= 0.3 is 41.6 Å². The average molecular weight is 706 g/mol. The monoisotopic (exact) mass is 705 g/mol.